The standard InChI is InChI=1S/C14H20N2O/c1-10-6-11-4-2-3-5-12(11)16(9-10)13-7-15-8-14(13)17/h2-5,10,13-15,17H,6-9H2,1H3/t10?,13-,14-/m0/s1. The van der Waals surface area contributed by atoms with Gasteiger partial charge in [-0.05, 0) is 24.0 Å². The number of aliphatic hydroxyl groups excluding tert-OH is 1. The van der Waals surface area contributed by atoms with Crippen LogP contribution in [0.2, 0.25) is 0 Å². The van der Waals surface area contributed by atoms with E-state index in [9.17, 15) is 5.11 Å². The molecule has 1 fully saturated rings. The lowest BCUT2D eigenvalue weighted by atomic mass is 9.92. The highest BCUT2D eigenvalue weighted by molar-refractivity contribution is 5.57. The summed E-state index contributed by atoms with van der Waals surface area (Å²) in [5.74, 6) is 0.665. The second-order valence-electron chi connectivity index (χ2n) is 5.38. The molecule has 3 atom stereocenters. The molecule has 0 radical (unpaired) electrons. The lowest BCUT2D eigenvalue weighted by Crippen LogP contribution is -2.48. The predicted molar refractivity (Wildman–Crippen MR) is 69.3 cm³/mol. The van der Waals surface area contributed by atoms with E-state index in [1.54, 1.807) is 0 Å². The topological polar surface area (TPSA) is 35.5 Å². The summed E-state index contributed by atoms with van der Waals surface area (Å²) >= 11 is 0. The molecule has 17 heavy (non-hydrogen) atoms. The maximum absolute atomic E-state index is 10.0. The molecule has 1 saturated heterocycles. The van der Waals surface area contributed by atoms with Gasteiger partial charge in [-0.15, -0.1) is 0 Å². The third-order valence-corrected chi connectivity index (χ3v) is 3.93. The molecule has 92 valence electrons. The Balaban J connectivity index is 1.94. The van der Waals surface area contributed by atoms with E-state index in [2.05, 4.69) is 41.4 Å². The number of β-amino-alcohol motifs (C(OH)–C–C–N with tert-alkyl or cyclic N) is 1. The van der Waals surface area contributed by atoms with Gasteiger partial charge in [0.05, 0.1) is 12.1 Å². The van der Waals surface area contributed by atoms with Crippen LogP contribution in [0.3, 0.4) is 0 Å². The molecule has 3 nitrogen and oxygen atoms in total. The zero-order chi connectivity index (χ0) is 11.8. The van der Waals surface area contributed by atoms with Crippen molar-refractivity contribution in [1.82, 2.24) is 5.32 Å². The number of para-hydroxylation sites is 1. The van der Waals surface area contributed by atoms with Crippen molar-refractivity contribution in [2.75, 3.05) is 24.5 Å². The van der Waals surface area contributed by atoms with Crippen LogP contribution in [0.4, 0.5) is 5.69 Å². The Hall–Kier alpha value is -1.06. The van der Waals surface area contributed by atoms with Crippen molar-refractivity contribution < 1.29 is 5.11 Å². The number of fused-ring (bicyclic) bond motifs is 1. The molecule has 3 heteroatoms. The summed E-state index contributed by atoms with van der Waals surface area (Å²) in [6.07, 6.45) is 0.913. The molecular weight excluding hydrogens is 212 g/mol. The molecule has 0 amide bonds. The van der Waals surface area contributed by atoms with Crippen molar-refractivity contribution in [3.05, 3.63) is 29.8 Å². The molecule has 2 heterocycles. The monoisotopic (exact) mass is 232 g/mol. The minimum absolute atomic E-state index is 0.235. The van der Waals surface area contributed by atoms with Gasteiger partial charge in [-0.1, -0.05) is 25.1 Å². The van der Waals surface area contributed by atoms with E-state index in [0.717, 1.165) is 26.1 Å². The minimum Gasteiger partial charge on any atom is -0.390 e. The molecule has 2 aliphatic heterocycles. The summed E-state index contributed by atoms with van der Waals surface area (Å²) in [6.45, 7) is 4.96. The Labute approximate surface area is 102 Å². The van der Waals surface area contributed by atoms with Crippen LogP contribution in [0, 0.1) is 5.92 Å². The first-order valence-corrected chi connectivity index (χ1v) is 6.49. The molecule has 0 saturated carbocycles. The van der Waals surface area contributed by atoms with Crippen LogP contribution < -0.4 is 10.2 Å². The number of nitrogens with zero attached hydrogens (tertiary/aromatic N) is 1. The summed E-state index contributed by atoms with van der Waals surface area (Å²) in [5, 5.41) is 13.3. The zero-order valence-electron chi connectivity index (χ0n) is 10.3. The van der Waals surface area contributed by atoms with E-state index >= 15 is 0 Å². The van der Waals surface area contributed by atoms with Crippen molar-refractivity contribution in [2.45, 2.75) is 25.5 Å². The molecule has 3 rings (SSSR count). The summed E-state index contributed by atoms with van der Waals surface area (Å²) in [4.78, 5) is 2.40. The molecule has 2 N–H and O–H groups in total. The van der Waals surface area contributed by atoms with E-state index in [4.69, 9.17) is 0 Å². The molecule has 0 bridgehead atoms. The van der Waals surface area contributed by atoms with Gasteiger partial charge in [-0.3, -0.25) is 0 Å². The van der Waals surface area contributed by atoms with Gasteiger partial charge in [0.1, 0.15) is 0 Å². The summed E-state index contributed by atoms with van der Waals surface area (Å²) in [5.41, 5.74) is 2.74. The smallest absolute Gasteiger partial charge is 0.0879 e. The molecule has 2 aliphatic rings. The third-order valence-electron chi connectivity index (χ3n) is 3.93. The van der Waals surface area contributed by atoms with Crippen molar-refractivity contribution in [2.24, 2.45) is 5.92 Å². The van der Waals surface area contributed by atoms with Gasteiger partial charge < -0.3 is 15.3 Å². The number of aliphatic hydroxyl groups is 1. The van der Waals surface area contributed by atoms with Gasteiger partial charge in [0.15, 0.2) is 0 Å². The third kappa shape index (κ3) is 1.94. The first kappa shape index (κ1) is 11.1. The van der Waals surface area contributed by atoms with E-state index < -0.39 is 0 Å². The quantitative estimate of drug-likeness (QED) is 0.759. The average Bonchev–Trinajstić information content (AvgIpc) is 2.74. The van der Waals surface area contributed by atoms with Gasteiger partial charge in [-0.25, -0.2) is 0 Å². The summed E-state index contributed by atoms with van der Waals surface area (Å²) in [7, 11) is 0. The van der Waals surface area contributed by atoms with Crippen molar-refractivity contribution in [3.63, 3.8) is 0 Å². The van der Waals surface area contributed by atoms with Crippen LogP contribution in [0.5, 0.6) is 0 Å². The zero-order valence-corrected chi connectivity index (χ0v) is 10.3. The maximum Gasteiger partial charge on any atom is 0.0879 e. The second kappa shape index (κ2) is 4.31. The molecule has 1 aromatic carbocycles. The fourth-order valence-corrected chi connectivity index (χ4v) is 3.12. The van der Waals surface area contributed by atoms with Crippen LogP contribution in [-0.2, 0) is 6.42 Å². The van der Waals surface area contributed by atoms with Crippen LogP contribution in [-0.4, -0.2) is 36.9 Å². The SMILES string of the molecule is CC1Cc2ccccc2N([C@H]2CNC[C@@H]2O)C1. The number of rotatable bonds is 1. The van der Waals surface area contributed by atoms with Gasteiger partial charge in [0.25, 0.3) is 0 Å². The van der Waals surface area contributed by atoms with Crippen molar-refractivity contribution >= 4 is 5.69 Å². The van der Waals surface area contributed by atoms with E-state index in [1.807, 2.05) is 0 Å². The Bertz CT molecular complexity index is 407. The molecule has 0 aliphatic carbocycles. The van der Waals surface area contributed by atoms with Crippen LogP contribution >= 0.6 is 0 Å². The first-order chi connectivity index (χ1) is 8.25. The highest BCUT2D eigenvalue weighted by Crippen LogP contribution is 2.32. The molecule has 0 aromatic heterocycles. The van der Waals surface area contributed by atoms with E-state index in [1.165, 1.54) is 11.3 Å². The number of hydrogen-bond donors (Lipinski definition) is 2. The largest absolute Gasteiger partial charge is 0.390 e. The number of benzene rings is 1. The number of nitrogens with one attached hydrogen (secondary N) is 1. The van der Waals surface area contributed by atoms with Crippen LogP contribution in [0.25, 0.3) is 0 Å². The highest BCUT2D eigenvalue weighted by atomic mass is 16.3. The molecule has 1 aromatic rings. The average molecular weight is 232 g/mol. The number of anilines is 1. The van der Waals surface area contributed by atoms with Gasteiger partial charge in [0.2, 0.25) is 0 Å². The maximum atomic E-state index is 10.0. The first-order valence-electron chi connectivity index (χ1n) is 6.49. The Morgan fingerprint density at radius 1 is 1.29 bits per heavy atom. The van der Waals surface area contributed by atoms with Crippen molar-refractivity contribution in [3.8, 4) is 0 Å². The van der Waals surface area contributed by atoms with Crippen molar-refractivity contribution in [1.29, 1.82) is 0 Å². The lowest BCUT2D eigenvalue weighted by Gasteiger charge is -2.39. The van der Waals surface area contributed by atoms with E-state index in [0.29, 0.717) is 5.92 Å². The molecule has 1 unspecified atom stereocenters. The second-order valence-corrected chi connectivity index (χ2v) is 5.38. The van der Waals surface area contributed by atoms with Crippen LogP contribution in [0.15, 0.2) is 24.3 Å². The highest BCUT2D eigenvalue weighted by Gasteiger charge is 2.34. The Kier molecular flexibility index (Phi) is 2.81. The van der Waals surface area contributed by atoms with Crippen LogP contribution in [0.1, 0.15) is 12.5 Å². The predicted octanol–water partition coefficient (Wildman–Crippen LogP) is 1.02. The van der Waals surface area contributed by atoms with Gasteiger partial charge in [-0.2, -0.15) is 0 Å². The Morgan fingerprint density at radius 3 is 2.88 bits per heavy atom. The minimum atomic E-state index is -0.242. The number of hydrogen-bond acceptors (Lipinski definition) is 3. The molecular formula is C14H20N2O. The van der Waals surface area contributed by atoms with Gasteiger partial charge >= 0.3 is 0 Å². The fraction of sp³-hybridized carbons (Fsp3) is 0.571. The van der Waals surface area contributed by atoms with E-state index in [-0.39, 0.29) is 12.1 Å². The fourth-order valence-electron chi connectivity index (χ4n) is 3.12. The van der Waals surface area contributed by atoms with Gasteiger partial charge in [0, 0.05) is 25.3 Å². The summed E-state index contributed by atoms with van der Waals surface area (Å²) < 4.78 is 0. The lowest BCUT2D eigenvalue weighted by molar-refractivity contribution is 0.172. The molecule has 0 spiro atoms. The summed E-state index contributed by atoms with van der Waals surface area (Å²) in [6, 6.07) is 8.84. The Morgan fingerprint density at radius 2 is 2.12 bits per heavy atom. The normalized spacial score (nSPS) is 32.6.